The van der Waals surface area contributed by atoms with E-state index in [4.69, 9.17) is 19.9 Å². The smallest absolute Gasteiger partial charge is 0.287 e. The highest BCUT2D eigenvalue weighted by molar-refractivity contribution is 6.36. The van der Waals surface area contributed by atoms with Crippen LogP contribution in [0.25, 0.3) is 0 Å². The van der Waals surface area contributed by atoms with Crippen molar-refractivity contribution >= 4 is 64.5 Å². The first-order chi connectivity index (χ1) is 28.5. The van der Waals surface area contributed by atoms with Crippen LogP contribution in [0.3, 0.4) is 0 Å². The molecule has 0 fully saturated rings. The molecular formula is C38H64N8O14. The molecule has 22 nitrogen and oxygen atoms in total. The highest BCUT2D eigenvalue weighted by atomic mass is 16.5. The minimum absolute atomic E-state index is 0.0323. The summed E-state index contributed by atoms with van der Waals surface area (Å²) in [6, 6.07) is -3.42. The van der Waals surface area contributed by atoms with Crippen molar-refractivity contribution in [2.45, 2.75) is 104 Å². The number of hydrogen-bond donors (Lipinski definition) is 8. The lowest BCUT2D eigenvalue weighted by molar-refractivity contribution is -0.139. The zero-order valence-electron chi connectivity index (χ0n) is 35.2. The van der Waals surface area contributed by atoms with E-state index in [2.05, 4.69) is 37.2 Å². The number of unbranched alkanes of at least 4 members (excludes halogenated alkanes) is 3. The second-order valence-electron chi connectivity index (χ2n) is 13.5. The van der Waals surface area contributed by atoms with Gasteiger partial charge in [0.05, 0.1) is 39.6 Å². The van der Waals surface area contributed by atoms with Crippen LogP contribution in [0.15, 0.2) is 0 Å². The number of carbonyl (C=O) groups excluding carboxylic acids is 11. The van der Waals surface area contributed by atoms with Gasteiger partial charge in [0.15, 0.2) is 0 Å². The number of Topliss-reactive ketones (excluding diaryl/α,β-unsaturated/α-hetero) is 4. The summed E-state index contributed by atoms with van der Waals surface area (Å²) in [7, 11) is 0. The number of ether oxygens (including phenoxy) is 3. The van der Waals surface area contributed by atoms with E-state index in [1.54, 1.807) is 0 Å². The summed E-state index contributed by atoms with van der Waals surface area (Å²) in [5.74, 6) is -8.33. The van der Waals surface area contributed by atoms with Crippen molar-refractivity contribution in [3.63, 3.8) is 0 Å². The molecule has 0 aromatic carbocycles. The molecule has 0 aliphatic heterocycles. The Labute approximate surface area is 350 Å². The maximum absolute atomic E-state index is 13.5. The fourth-order valence-corrected chi connectivity index (χ4v) is 5.00. The molecule has 60 heavy (non-hydrogen) atoms. The Kier molecular flexibility index (Phi) is 30.7. The molecule has 0 saturated heterocycles. The Bertz CT molecular complexity index is 1440. The van der Waals surface area contributed by atoms with Crippen LogP contribution in [-0.2, 0) is 67.0 Å². The minimum Gasteiger partial charge on any atom is -0.378 e. The molecular weight excluding hydrogens is 792 g/mol. The molecule has 3 atom stereocenters. The van der Waals surface area contributed by atoms with Gasteiger partial charge in [0.1, 0.15) is 18.1 Å². The van der Waals surface area contributed by atoms with Crippen molar-refractivity contribution in [1.29, 1.82) is 0 Å². The van der Waals surface area contributed by atoms with Crippen LogP contribution in [-0.4, -0.2) is 155 Å². The van der Waals surface area contributed by atoms with Crippen molar-refractivity contribution in [2.75, 3.05) is 72.4 Å². The summed E-state index contributed by atoms with van der Waals surface area (Å²) in [5.41, 5.74) is 5.36. The first-order valence-electron chi connectivity index (χ1n) is 20.0. The molecule has 0 bridgehead atoms. The standard InChI is InChI=1S/C38H64N8O14/c1-25(47)32(51)40-15-8-5-11-29(44-34(53)27(3)49)36(55)42-17-10-6-12-30(37(56)43-18-20-59-22-24-60-23-21-58-19-14-39)46-38(57)31(45-35(54)28(4)50)13-7-9-16-41-33(52)26(2)48/h29-31H,5-24,39H2,1-4H3,(H,40,51)(H,41,52)(H,42,55)(H,43,56)(H,44,53)(H,45,54)(H,46,57). The highest BCUT2D eigenvalue weighted by Crippen LogP contribution is 2.07. The third-order valence-electron chi connectivity index (χ3n) is 8.34. The van der Waals surface area contributed by atoms with E-state index >= 15 is 0 Å². The summed E-state index contributed by atoms with van der Waals surface area (Å²) in [5, 5.41) is 17.6. The maximum atomic E-state index is 13.5. The van der Waals surface area contributed by atoms with Gasteiger partial charge in [-0.05, 0) is 57.8 Å². The number of amides is 7. The Balaban J connectivity index is 5.50. The number of hydrogen-bond acceptors (Lipinski definition) is 15. The number of nitrogens with two attached hydrogens (primary N) is 1. The number of carbonyl (C=O) groups is 11. The van der Waals surface area contributed by atoms with Crippen LogP contribution in [0, 0.1) is 0 Å². The third kappa shape index (κ3) is 27.5. The second kappa shape index (κ2) is 33.6. The molecule has 340 valence electrons. The van der Waals surface area contributed by atoms with Gasteiger partial charge < -0.3 is 57.2 Å². The first-order valence-corrected chi connectivity index (χ1v) is 20.0. The molecule has 0 radical (unpaired) electrons. The Hall–Kier alpha value is -5.19. The molecule has 9 N–H and O–H groups in total. The number of ketones is 4. The minimum atomic E-state index is -1.23. The van der Waals surface area contributed by atoms with E-state index < -0.39 is 82.6 Å². The molecule has 0 rings (SSSR count). The fraction of sp³-hybridized carbons (Fsp3) is 0.711. The maximum Gasteiger partial charge on any atom is 0.287 e. The Morgan fingerprint density at radius 2 is 0.717 bits per heavy atom. The SMILES string of the molecule is CC(=O)C(=O)NCCCCC(NC(=O)C(C)=O)C(=O)NCCCCC(NC(=O)C(CCCCNC(=O)C(C)=O)NC(=O)C(C)=O)C(=O)NCCOCCOCCOCCN. The van der Waals surface area contributed by atoms with E-state index in [1.165, 1.54) is 0 Å². The van der Waals surface area contributed by atoms with E-state index in [1.807, 2.05) is 0 Å². The summed E-state index contributed by atoms with van der Waals surface area (Å²) in [4.78, 5) is 133. The first kappa shape index (κ1) is 54.8. The van der Waals surface area contributed by atoms with Gasteiger partial charge in [-0.25, -0.2) is 0 Å². The number of rotatable bonds is 36. The molecule has 0 saturated carbocycles. The Morgan fingerprint density at radius 1 is 0.383 bits per heavy atom. The van der Waals surface area contributed by atoms with Gasteiger partial charge in [0, 0.05) is 60.4 Å². The summed E-state index contributed by atoms with van der Waals surface area (Å²) >= 11 is 0. The topological polar surface area (TPSA) is 326 Å². The van der Waals surface area contributed by atoms with Gasteiger partial charge in [-0.1, -0.05) is 0 Å². The van der Waals surface area contributed by atoms with Gasteiger partial charge >= 0.3 is 0 Å². The van der Waals surface area contributed by atoms with Crippen LogP contribution in [0.5, 0.6) is 0 Å². The van der Waals surface area contributed by atoms with Crippen molar-refractivity contribution in [2.24, 2.45) is 5.73 Å². The van der Waals surface area contributed by atoms with Crippen LogP contribution in [0.1, 0.15) is 85.5 Å². The lowest BCUT2D eigenvalue weighted by Crippen LogP contribution is -2.54. The third-order valence-corrected chi connectivity index (χ3v) is 8.34. The summed E-state index contributed by atoms with van der Waals surface area (Å²) < 4.78 is 16.1. The molecule has 22 heteroatoms. The average molecular weight is 857 g/mol. The fourth-order valence-electron chi connectivity index (χ4n) is 5.00. The van der Waals surface area contributed by atoms with E-state index in [9.17, 15) is 52.7 Å². The van der Waals surface area contributed by atoms with E-state index in [0.29, 0.717) is 58.5 Å². The predicted octanol–water partition coefficient (Wildman–Crippen LogP) is -3.22. The van der Waals surface area contributed by atoms with Crippen LogP contribution >= 0.6 is 0 Å². The van der Waals surface area contributed by atoms with Gasteiger partial charge in [0.2, 0.25) is 40.9 Å². The van der Waals surface area contributed by atoms with Gasteiger partial charge in [-0.3, -0.25) is 52.7 Å². The molecule has 7 amide bonds. The van der Waals surface area contributed by atoms with Crippen molar-refractivity contribution in [1.82, 2.24) is 37.2 Å². The van der Waals surface area contributed by atoms with E-state index in [0.717, 1.165) is 27.7 Å². The largest absolute Gasteiger partial charge is 0.378 e. The van der Waals surface area contributed by atoms with Crippen molar-refractivity contribution in [3.8, 4) is 0 Å². The molecule has 0 aliphatic carbocycles. The normalized spacial score (nSPS) is 12.2. The zero-order valence-corrected chi connectivity index (χ0v) is 35.2. The monoisotopic (exact) mass is 856 g/mol. The predicted molar refractivity (Wildman–Crippen MR) is 214 cm³/mol. The van der Waals surface area contributed by atoms with Crippen LogP contribution < -0.4 is 43.0 Å². The summed E-state index contributed by atoms with van der Waals surface area (Å²) in [6.07, 6.45) is 2.22. The van der Waals surface area contributed by atoms with E-state index in [-0.39, 0.29) is 71.7 Å². The van der Waals surface area contributed by atoms with Gasteiger partial charge in [-0.2, -0.15) is 0 Å². The van der Waals surface area contributed by atoms with Crippen molar-refractivity contribution in [3.05, 3.63) is 0 Å². The molecule has 0 aromatic rings. The zero-order chi connectivity index (χ0) is 45.3. The summed E-state index contributed by atoms with van der Waals surface area (Å²) in [6.45, 7) is 7.02. The molecule has 0 aliphatic rings. The van der Waals surface area contributed by atoms with Gasteiger partial charge in [-0.15, -0.1) is 0 Å². The molecule has 3 unspecified atom stereocenters. The molecule has 0 spiro atoms. The van der Waals surface area contributed by atoms with Gasteiger partial charge in [0.25, 0.3) is 23.6 Å². The molecule has 0 aromatic heterocycles. The number of nitrogens with one attached hydrogen (secondary N) is 7. The second-order valence-corrected chi connectivity index (χ2v) is 13.5. The Morgan fingerprint density at radius 3 is 1.12 bits per heavy atom. The van der Waals surface area contributed by atoms with Crippen LogP contribution in [0.4, 0.5) is 0 Å². The quantitative estimate of drug-likeness (QED) is 0.0227. The average Bonchev–Trinajstić information content (AvgIpc) is 3.20. The lowest BCUT2D eigenvalue weighted by atomic mass is 10.0. The lowest BCUT2D eigenvalue weighted by Gasteiger charge is -2.23. The van der Waals surface area contributed by atoms with Crippen molar-refractivity contribution < 1.29 is 67.0 Å². The molecule has 0 heterocycles. The highest BCUT2D eigenvalue weighted by Gasteiger charge is 2.28. The van der Waals surface area contributed by atoms with Crippen LogP contribution in [0.2, 0.25) is 0 Å².